The summed E-state index contributed by atoms with van der Waals surface area (Å²) in [5.41, 5.74) is 1.02. The Morgan fingerprint density at radius 1 is 1.24 bits per heavy atom. The number of hydrogen-bond acceptors (Lipinski definition) is 5. The number of benzene rings is 2. The van der Waals surface area contributed by atoms with E-state index in [1.165, 1.54) is 25.3 Å². The highest BCUT2D eigenvalue weighted by Gasteiger charge is 2.28. The molecular weight excluding hydrogens is 375 g/mol. The van der Waals surface area contributed by atoms with Crippen molar-refractivity contribution in [2.45, 2.75) is 38.3 Å². The molecule has 0 radical (unpaired) electrons. The summed E-state index contributed by atoms with van der Waals surface area (Å²) in [6, 6.07) is 11.4. The zero-order valence-electron chi connectivity index (χ0n) is 16.1. The minimum absolute atomic E-state index is 0.0639. The van der Waals surface area contributed by atoms with Crippen LogP contribution < -0.4 is 10.3 Å². The maximum atomic E-state index is 13.4. The van der Waals surface area contributed by atoms with Crippen molar-refractivity contribution in [3.63, 3.8) is 0 Å². The SMILES string of the molecule is COc1ccc(F)cc1COC(=O)CCc1nc2ccccc2c(=O)n1C1CC1. The third kappa shape index (κ3) is 4.13. The standard InChI is InChI=1S/C22H21FN2O4/c1-28-19-9-6-15(23)12-14(19)13-29-21(26)11-10-20-24-18-5-3-2-4-17(18)22(27)25(20)16-7-8-16/h2-6,9,12,16H,7-8,10-11,13H2,1H3. The van der Waals surface area contributed by atoms with E-state index < -0.39 is 11.8 Å². The molecule has 1 aliphatic rings. The molecule has 0 unspecified atom stereocenters. The number of rotatable bonds is 7. The third-order valence-corrected chi connectivity index (χ3v) is 4.98. The molecule has 150 valence electrons. The Bertz CT molecular complexity index is 1120. The van der Waals surface area contributed by atoms with Gasteiger partial charge in [0.2, 0.25) is 0 Å². The molecule has 1 aromatic heterocycles. The van der Waals surface area contributed by atoms with Gasteiger partial charge in [0.1, 0.15) is 24.0 Å². The van der Waals surface area contributed by atoms with Crippen molar-refractivity contribution in [3.05, 3.63) is 70.0 Å². The van der Waals surface area contributed by atoms with Crippen molar-refractivity contribution in [2.75, 3.05) is 7.11 Å². The van der Waals surface area contributed by atoms with E-state index in [0.29, 0.717) is 34.5 Å². The highest BCUT2D eigenvalue weighted by atomic mass is 19.1. The van der Waals surface area contributed by atoms with Crippen LogP contribution in [-0.2, 0) is 22.6 Å². The molecule has 1 fully saturated rings. The van der Waals surface area contributed by atoms with Gasteiger partial charge in [0.05, 0.1) is 24.4 Å². The molecule has 0 bridgehead atoms. The Morgan fingerprint density at radius 3 is 2.79 bits per heavy atom. The Morgan fingerprint density at radius 2 is 2.03 bits per heavy atom. The Labute approximate surface area is 166 Å². The van der Waals surface area contributed by atoms with Gasteiger partial charge in [0.15, 0.2) is 0 Å². The van der Waals surface area contributed by atoms with Crippen molar-refractivity contribution >= 4 is 16.9 Å². The van der Waals surface area contributed by atoms with E-state index >= 15 is 0 Å². The van der Waals surface area contributed by atoms with Gasteiger partial charge in [0.25, 0.3) is 5.56 Å². The zero-order valence-corrected chi connectivity index (χ0v) is 16.1. The first-order chi connectivity index (χ1) is 14.1. The van der Waals surface area contributed by atoms with E-state index in [9.17, 15) is 14.0 Å². The van der Waals surface area contributed by atoms with Gasteiger partial charge in [0, 0.05) is 18.0 Å². The topological polar surface area (TPSA) is 70.4 Å². The number of carbonyl (C=O) groups excluding carboxylic acids is 1. The minimum atomic E-state index is -0.443. The first kappa shape index (κ1) is 19.1. The van der Waals surface area contributed by atoms with Gasteiger partial charge >= 0.3 is 5.97 Å². The fraction of sp³-hybridized carbons (Fsp3) is 0.318. The molecule has 0 aliphatic heterocycles. The van der Waals surface area contributed by atoms with Gasteiger partial charge in [-0.3, -0.25) is 14.2 Å². The molecule has 7 heteroatoms. The third-order valence-electron chi connectivity index (χ3n) is 4.98. The number of ether oxygens (including phenoxy) is 2. The van der Waals surface area contributed by atoms with Gasteiger partial charge in [-0.05, 0) is 43.2 Å². The molecule has 4 rings (SSSR count). The summed E-state index contributed by atoms with van der Waals surface area (Å²) in [4.78, 5) is 29.7. The molecule has 3 aromatic rings. The zero-order chi connectivity index (χ0) is 20.4. The number of aryl methyl sites for hydroxylation is 1. The molecule has 0 amide bonds. The Hall–Kier alpha value is -3.22. The second-order valence-electron chi connectivity index (χ2n) is 7.07. The van der Waals surface area contributed by atoms with Crippen LogP contribution in [0.1, 0.15) is 36.7 Å². The summed E-state index contributed by atoms with van der Waals surface area (Å²) in [5.74, 6) is 0.182. The number of hydrogen-bond donors (Lipinski definition) is 0. The van der Waals surface area contributed by atoms with E-state index in [1.807, 2.05) is 12.1 Å². The molecule has 0 saturated heterocycles. The molecule has 2 aromatic carbocycles. The fourth-order valence-electron chi connectivity index (χ4n) is 3.38. The van der Waals surface area contributed by atoms with Gasteiger partial charge < -0.3 is 9.47 Å². The van der Waals surface area contributed by atoms with Gasteiger partial charge in [-0.2, -0.15) is 0 Å². The van der Waals surface area contributed by atoms with Crippen molar-refractivity contribution in [1.29, 1.82) is 0 Å². The fourth-order valence-corrected chi connectivity index (χ4v) is 3.38. The van der Waals surface area contributed by atoms with Crippen LogP contribution in [0.15, 0.2) is 47.3 Å². The number of fused-ring (bicyclic) bond motifs is 1. The molecule has 6 nitrogen and oxygen atoms in total. The van der Waals surface area contributed by atoms with Crippen molar-refractivity contribution in [1.82, 2.24) is 9.55 Å². The molecule has 29 heavy (non-hydrogen) atoms. The molecule has 1 heterocycles. The summed E-state index contributed by atoms with van der Waals surface area (Å²) in [6.07, 6.45) is 2.26. The minimum Gasteiger partial charge on any atom is -0.496 e. The van der Waals surface area contributed by atoms with Crippen LogP contribution in [0.5, 0.6) is 5.75 Å². The van der Waals surface area contributed by atoms with Gasteiger partial charge in [-0.15, -0.1) is 0 Å². The van der Waals surface area contributed by atoms with Crippen LogP contribution in [0.25, 0.3) is 10.9 Å². The van der Waals surface area contributed by atoms with Gasteiger partial charge in [-0.1, -0.05) is 12.1 Å². The lowest BCUT2D eigenvalue weighted by Crippen LogP contribution is -2.25. The molecule has 0 spiro atoms. The average molecular weight is 396 g/mol. The summed E-state index contributed by atoms with van der Waals surface area (Å²) in [6.45, 7) is -0.0830. The summed E-state index contributed by atoms with van der Waals surface area (Å²) >= 11 is 0. The lowest BCUT2D eigenvalue weighted by molar-refractivity contribution is -0.145. The van der Waals surface area contributed by atoms with Crippen LogP contribution in [0.4, 0.5) is 4.39 Å². The number of halogens is 1. The Balaban J connectivity index is 1.47. The monoisotopic (exact) mass is 396 g/mol. The number of carbonyl (C=O) groups is 1. The maximum absolute atomic E-state index is 13.4. The highest BCUT2D eigenvalue weighted by Crippen LogP contribution is 2.35. The second-order valence-corrected chi connectivity index (χ2v) is 7.07. The van der Waals surface area contributed by atoms with E-state index in [4.69, 9.17) is 9.47 Å². The van der Waals surface area contributed by atoms with Crippen LogP contribution in [0.2, 0.25) is 0 Å². The molecule has 0 N–H and O–H groups in total. The molecule has 1 saturated carbocycles. The lowest BCUT2D eigenvalue weighted by atomic mass is 10.2. The number of para-hydroxylation sites is 1. The number of nitrogens with zero attached hydrogens (tertiary/aromatic N) is 2. The van der Waals surface area contributed by atoms with Crippen LogP contribution in [0.3, 0.4) is 0 Å². The van der Waals surface area contributed by atoms with E-state index in [2.05, 4.69) is 4.98 Å². The first-order valence-electron chi connectivity index (χ1n) is 9.55. The van der Waals surface area contributed by atoms with Crippen LogP contribution >= 0.6 is 0 Å². The molecular formula is C22H21FN2O4. The maximum Gasteiger partial charge on any atom is 0.306 e. The Kier molecular flexibility index (Phi) is 5.29. The highest BCUT2D eigenvalue weighted by molar-refractivity contribution is 5.77. The van der Waals surface area contributed by atoms with Crippen molar-refractivity contribution < 1.29 is 18.7 Å². The number of aromatic nitrogens is 2. The summed E-state index contributed by atoms with van der Waals surface area (Å²) < 4.78 is 25.6. The largest absolute Gasteiger partial charge is 0.496 e. The normalized spacial score (nSPS) is 13.4. The van der Waals surface area contributed by atoms with E-state index in [-0.39, 0.29) is 24.6 Å². The predicted molar refractivity (Wildman–Crippen MR) is 105 cm³/mol. The molecule has 1 aliphatic carbocycles. The molecule has 0 atom stereocenters. The van der Waals surface area contributed by atoms with Crippen molar-refractivity contribution in [2.24, 2.45) is 0 Å². The van der Waals surface area contributed by atoms with Crippen LogP contribution in [-0.4, -0.2) is 22.6 Å². The summed E-state index contributed by atoms with van der Waals surface area (Å²) in [5, 5.41) is 0.587. The van der Waals surface area contributed by atoms with Crippen molar-refractivity contribution in [3.8, 4) is 5.75 Å². The van der Waals surface area contributed by atoms with E-state index in [1.54, 1.807) is 16.7 Å². The quantitative estimate of drug-likeness (QED) is 0.571. The first-order valence-corrected chi connectivity index (χ1v) is 9.55. The van der Waals surface area contributed by atoms with Crippen LogP contribution in [0, 0.1) is 5.82 Å². The second kappa shape index (κ2) is 8.03. The van der Waals surface area contributed by atoms with E-state index in [0.717, 1.165) is 12.8 Å². The lowest BCUT2D eigenvalue weighted by Gasteiger charge is -2.13. The predicted octanol–water partition coefficient (Wildman–Crippen LogP) is 3.56. The summed E-state index contributed by atoms with van der Waals surface area (Å²) in [7, 11) is 1.47. The number of esters is 1. The van der Waals surface area contributed by atoms with Gasteiger partial charge in [-0.25, -0.2) is 9.37 Å². The smallest absolute Gasteiger partial charge is 0.306 e. The number of methoxy groups -OCH3 is 1. The average Bonchev–Trinajstić information content (AvgIpc) is 3.56.